The van der Waals surface area contributed by atoms with Crippen LogP contribution in [0.4, 0.5) is 0 Å². The van der Waals surface area contributed by atoms with E-state index in [1.807, 2.05) is 0 Å². The lowest BCUT2D eigenvalue weighted by Gasteiger charge is -2.03. The standard InChI is InChI=1S/C17H32N4O2/c22-17(23)15-13-11-9-7-5-3-1-2-4-6-8-10-12-14-16-18-20-21-19-16/h16H,1-15H2,(H,22,23). The van der Waals surface area contributed by atoms with Crippen LogP contribution in [0.3, 0.4) is 0 Å². The second-order valence-electron chi connectivity index (χ2n) is 6.42. The summed E-state index contributed by atoms with van der Waals surface area (Å²) in [6, 6.07) is 0. The Hall–Kier alpha value is -1.33. The number of hydrogen-bond acceptors (Lipinski definition) is 5. The molecule has 1 heterocycles. The Morgan fingerprint density at radius 1 is 0.652 bits per heavy atom. The zero-order chi connectivity index (χ0) is 16.6. The van der Waals surface area contributed by atoms with E-state index in [2.05, 4.69) is 20.7 Å². The average molecular weight is 324 g/mol. The van der Waals surface area contributed by atoms with Gasteiger partial charge >= 0.3 is 5.97 Å². The van der Waals surface area contributed by atoms with Crippen LogP contribution in [-0.2, 0) is 4.79 Å². The van der Waals surface area contributed by atoms with Gasteiger partial charge in [-0.1, -0.05) is 70.6 Å². The fourth-order valence-electron chi connectivity index (χ4n) is 2.85. The molecule has 0 aromatic carbocycles. The first-order valence-electron chi connectivity index (χ1n) is 9.31. The molecule has 0 saturated heterocycles. The Morgan fingerprint density at radius 3 is 1.48 bits per heavy atom. The molecule has 1 rings (SSSR count). The fourth-order valence-corrected chi connectivity index (χ4v) is 2.85. The quantitative estimate of drug-likeness (QED) is 0.349. The molecular formula is C17H32N4O2. The molecule has 0 spiro atoms. The number of rotatable bonds is 16. The number of carbonyl (C=O) groups is 1. The molecule has 0 unspecified atom stereocenters. The molecule has 0 radical (unpaired) electrons. The minimum absolute atomic E-state index is 0.000808. The summed E-state index contributed by atoms with van der Waals surface area (Å²) in [7, 11) is 0. The molecule has 0 atom stereocenters. The van der Waals surface area contributed by atoms with Gasteiger partial charge in [-0.3, -0.25) is 4.79 Å². The van der Waals surface area contributed by atoms with Crippen LogP contribution in [0, 0.1) is 0 Å². The molecule has 1 aliphatic heterocycles. The molecule has 0 aromatic heterocycles. The predicted molar refractivity (Wildman–Crippen MR) is 90.4 cm³/mol. The van der Waals surface area contributed by atoms with E-state index in [0.29, 0.717) is 6.42 Å². The molecule has 23 heavy (non-hydrogen) atoms. The largest absolute Gasteiger partial charge is 0.481 e. The normalized spacial score (nSPS) is 13.9. The van der Waals surface area contributed by atoms with E-state index in [-0.39, 0.29) is 6.17 Å². The molecule has 1 N–H and O–H groups in total. The molecule has 0 saturated carbocycles. The average Bonchev–Trinajstić information content (AvgIpc) is 3.04. The number of carboxylic acid groups (broad SMARTS) is 1. The molecule has 6 heteroatoms. The lowest BCUT2D eigenvalue weighted by Crippen LogP contribution is -1.95. The third kappa shape index (κ3) is 12.9. The molecule has 1 aliphatic rings. The lowest BCUT2D eigenvalue weighted by molar-refractivity contribution is -0.137. The van der Waals surface area contributed by atoms with E-state index >= 15 is 0 Å². The Labute approximate surface area is 139 Å². The zero-order valence-corrected chi connectivity index (χ0v) is 14.3. The second kappa shape index (κ2) is 14.3. The van der Waals surface area contributed by atoms with E-state index in [1.54, 1.807) is 0 Å². The Balaban J connectivity index is 1.67. The van der Waals surface area contributed by atoms with E-state index in [4.69, 9.17) is 5.11 Å². The van der Waals surface area contributed by atoms with Crippen molar-refractivity contribution in [3.05, 3.63) is 0 Å². The fraction of sp³-hybridized carbons (Fsp3) is 0.941. The first-order valence-corrected chi connectivity index (χ1v) is 9.31. The van der Waals surface area contributed by atoms with Crippen molar-refractivity contribution in [1.82, 2.24) is 0 Å². The van der Waals surface area contributed by atoms with E-state index in [0.717, 1.165) is 19.3 Å². The van der Waals surface area contributed by atoms with Crippen LogP contribution in [0.5, 0.6) is 0 Å². The number of aliphatic carboxylic acids is 1. The molecular weight excluding hydrogens is 292 g/mol. The van der Waals surface area contributed by atoms with Crippen molar-refractivity contribution in [3.63, 3.8) is 0 Å². The first kappa shape index (κ1) is 19.7. The maximum atomic E-state index is 10.4. The van der Waals surface area contributed by atoms with Crippen molar-refractivity contribution in [2.24, 2.45) is 20.7 Å². The summed E-state index contributed by atoms with van der Waals surface area (Å²) >= 11 is 0. The molecule has 0 fully saturated rings. The van der Waals surface area contributed by atoms with E-state index < -0.39 is 5.97 Å². The van der Waals surface area contributed by atoms with Crippen LogP contribution >= 0.6 is 0 Å². The molecule has 0 aliphatic carbocycles. The lowest BCUT2D eigenvalue weighted by atomic mass is 10.0. The van der Waals surface area contributed by atoms with Gasteiger partial charge in [0, 0.05) is 6.42 Å². The number of nitrogens with zero attached hydrogens (tertiary/aromatic N) is 4. The predicted octanol–water partition coefficient (Wildman–Crippen LogP) is 6.08. The van der Waals surface area contributed by atoms with Crippen LogP contribution in [0.25, 0.3) is 0 Å². The highest BCUT2D eigenvalue weighted by Gasteiger charge is 2.07. The maximum absolute atomic E-state index is 10.4. The van der Waals surface area contributed by atoms with Gasteiger partial charge in [0.2, 0.25) is 0 Å². The molecule has 0 amide bonds. The van der Waals surface area contributed by atoms with Crippen LogP contribution in [-0.4, -0.2) is 17.2 Å². The number of hydrogen-bond donors (Lipinski definition) is 1. The minimum Gasteiger partial charge on any atom is -0.481 e. The van der Waals surface area contributed by atoms with Crippen LogP contribution in [0.1, 0.15) is 96.3 Å². The summed E-state index contributed by atoms with van der Waals surface area (Å²) < 4.78 is 0. The van der Waals surface area contributed by atoms with Crippen molar-refractivity contribution in [3.8, 4) is 0 Å². The van der Waals surface area contributed by atoms with Gasteiger partial charge in [0.25, 0.3) is 0 Å². The van der Waals surface area contributed by atoms with E-state index in [9.17, 15) is 4.79 Å². The zero-order valence-electron chi connectivity index (χ0n) is 14.3. The highest BCUT2D eigenvalue weighted by atomic mass is 16.4. The molecule has 6 nitrogen and oxygen atoms in total. The highest BCUT2D eigenvalue weighted by molar-refractivity contribution is 5.66. The van der Waals surface area contributed by atoms with Gasteiger partial charge in [-0.05, 0) is 29.7 Å². The summed E-state index contributed by atoms with van der Waals surface area (Å²) in [4.78, 5) is 10.4. The topological polar surface area (TPSA) is 86.7 Å². The minimum atomic E-state index is -0.667. The Kier molecular flexibility index (Phi) is 12.2. The monoisotopic (exact) mass is 324 g/mol. The molecule has 0 bridgehead atoms. The van der Waals surface area contributed by atoms with Crippen molar-refractivity contribution in [1.29, 1.82) is 0 Å². The van der Waals surface area contributed by atoms with Crippen molar-refractivity contribution in [2.75, 3.05) is 0 Å². The summed E-state index contributed by atoms with van der Waals surface area (Å²) in [5.74, 6) is -0.667. The van der Waals surface area contributed by atoms with Crippen molar-refractivity contribution >= 4 is 5.97 Å². The third-order valence-electron chi connectivity index (χ3n) is 4.26. The molecule has 0 aromatic rings. The third-order valence-corrected chi connectivity index (χ3v) is 4.26. The summed E-state index contributed by atoms with van der Waals surface area (Å²) in [5, 5.41) is 23.4. The van der Waals surface area contributed by atoms with Gasteiger partial charge in [-0.25, -0.2) is 0 Å². The van der Waals surface area contributed by atoms with Crippen molar-refractivity contribution in [2.45, 2.75) is 102 Å². The SMILES string of the molecule is O=C(O)CCCCCCCCCCCCCCCC1N=NN=N1. The van der Waals surface area contributed by atoms with Gasteiger partial charge < -0.3 is 5.11 Å². The van der Waals surface area contributed by atoms with Crippen LogP contribution in [0.2, 0.25) is 0 Å². The van der Waals surface area contributed by atoms with Gasteiger partial charge in [0.05, 0.1) is 0 Å². The molecule has 132 valence electrons. The van der Waals surface area contributed by atoms with Gasteiger partial charge in [-0.15, -0.1) is 10.2 Å². The van der Waals surface area contributed by atoms with Crippen LogP contribution in [0.15, 0.2) is 20.7 Å². The van der Waals surface area contributed by atoms with Crippen LogP contribution < -0.4 is 0 Å². The van der Waals surface area contributed by atoms with Gasteiger partial charge in [0.1, 0.15) is 0 Å². The number of carboxylic acids is 1. The van der Waals surface area contributed by atoms with Crippen molar-refractivity contribution < 1.29 is 9.90 Å². The second-order valence-corrected chi connectivity index (χ2v) is 6.42. The van der Waals surface area contributed by atoms with Gasteiger partial charge in [0.15, 0.2) is 6.17 Å². The summed E-state index contributed by atoms with van der Waals surface area (Å²) in [5.41, 5.74) is 0. The maximum Gasteiger partial charge on any atom is 0.303 e. The summed E-state index contributed by atoms with van der Waals surface area (Å²) in [6.45, 7) is 0. The highest BCUT2D eigenvalue weighted by Crippen LogP contribution is 2.16. The Bertz CT molecular complexity index is 347. The van der Waals surface area contributed by atoms with Gasteiger partial charge in [-0.2, -0.15) is 0 Å². The first-order chi connectivity index (χ1) is 11.3. The smallest absolute Gasteiger partial charge is 0.303 e. The summed E-state index contributed by atoms with van der Waals surface area (Å²) in [6.07, 6.45) is 17.4. The number of unbranched alkanes of at least 4 members (excludes halogenated alkanes) is 12. The Morgan fingerprint density at radius 2 is 1.04 bits per heavy atom. The van der Waals surface area contributed by atoms with E-state index in [1.165, 1.54) is 70.6 Å².